The van der Waals surface area contributed by atoms with Crippen molar-refractivity contribution in [2.75, 3.05) is 7.11 Å². The van der Waals surface area contributed by atoms with Crippen LogP contribution in [0.4, 0.5) is 10.3 Å². The second-order valence-electron chi connectivity index (χ2n) is 3.87. The van der Waals surface area contributed by atoms with E-state index in [-0.39, 0.29) is 22.6 Å². The van der Waals surface area contributed by atoms with Gasteiger partial charge < -0.3 is 14.9 Å². The van der Waals surface area contributed by atoms with E-state index in [2.05, 4.69) is 26.0 Å². The molecule has 2 aromatic rings. The smallest absolute Gasteiger partial charge is 0.492 e. The predicted molar refractivity (Wildman–Crippen MR) is 71.7 cm³/mol. The van der Waals surface area contributed by atoms with Gasteiger partial charge in [-0.2, -0.15) is 4.68 Å². The van der Waals surface area contributed by atoms with E-state index < -0.39 is 22.5 Å². The van der Waals surface area contributed by atoms with Gasteiger partial charge in [0.1, 0.15) is 6.54 Å². The molecule has 0 N–H and O–H groups in total. The van der Waals surface area contributed by atoms with Gasteiger partial charge in [0.05, 0.1) is 7.11 Å². The van der Waals surface area contributed by atoms with Crippen molar-refractivity contribution in [2.24, 2.45) is 0 Å². The zero-order valence-corrected chi connectivity index (χ0v) is 12.2. The van der Waals surface area contributed by atoms with Crippen LogP contribution >= 0.6 is 15.9 Å². The molecule has 1 aromatic heterocycles. The van der Waals surface area contributed by atoms with Crippen molar-refractivity contribution >= 4 is 27.7 Å². The third kappa shape index (κ3) is 3.21. The van der Waals surface area contributed by atoms with Crippen LogP contribution in [0.15, 0.2) is 22.9 Å². The Morgan fingerprint density at radius 2 is 2.29 bits per heavy atom. The Kier molecular flexibility index (Phi) is 4.26. The molecule has 21 heavy (non-hydrogen) atoms. The molecule has 0 radical (unpaired) electrons. The number of halogens is 2. The first-order valence-electron chi connectivity index (χ1n) is 5.54. The Morgan fingerprint density at radius 1 is 1.57 bits per heavy atom. The van der Waals surface area contributed by atoms with E-state index in [4.69, 9.17) is 4.74 Å². The maximum absolute atomic E-state index is 13.5. The number of nitro groups is 1. The van der Waals surface area contributed by atoms with Crippen molar-refractivity contribution < 1.29 is 18.8 Å². The van der Waals surface area contributed by atoms with Crippen molar-refractivity contribution in [2.45, 2.75) is 6.54 Å². The van der Waals surface area contributed by atoms with E-state index in [9.17, 15) is 19.3 Å². The van der Waals surface area contributed by atoms with Crippen molar-refractivity contribution in [3.8, 4) is 5.75 Å². The van der Waals surface area contributed by atoms with Crippen molar-refractivity contribution in [1.29, 1.82) is 0 Å². The minimum atomic E-state index is -0.779. The minimum Gasteiger partial charge on any atom is -0.494 e. The number of carbonyl (C=O) groups is 1. The summed E-state index contributed by atoms with van der Waals surface area (Å²) in [6.45, 7) is -0.312. The molecule has 1 aromatic carbocycles. The van der Waals surface area contributed by atoms with Crippen LogP contribution in [0.2, 0.25) is 0 Å². The lowest BCUT2D eigenvalue weighted by Gasteiger charge is -2.04. The van der Waals surface area contributed by atoms with Gasteiger partial charge in [0.25, 0.3) is 4.73 Å². The van der Waals surface area contributed by atoms with Gasteiger partial charge >= 0.3 is 5.95 Å². The van der Waals surface area contributed by atoms with Crippen LogP contribution in [0.3, 0.4) is 0 Å². The molecular formula is C11H8BrFN4O4. The molecule has 10 heteroatoms. The van der Waals surface area contributed by atoms with Crippen molar-refractivity contribution in [1.82, 2.24) is 14.8 Å². The second kappa shape index (κ2) is 5.95. The number of Topliss-reactive ketones (excluding diaryl/α,β-unsaturated/α-hetero) is 1. The summed E-state index contributed by atoms with van der Waals surface area (Å²) in [5, 5.41) is 14.1. The lowest BCUT2D eigenvalue weighted by atomic mass is 10.1. The lowest BCUT2D eigenvalue weighted by Crippen LogP contribution is -2.12. The number of ketones is 1. The van der Waals surface area contributed by atoms with E-state index in [1.165, 1.54) is 19.2 Å². The molecule has 0 aliphatic carbocycles. The van der Waals surface area contributed by atoms with E-state index in [0.29, 0.717) is 0 Å². The van der Waals surface area contributed by atoms with Crippen LogP contribution in [0.1, 0.15) is 10.4 Å². The van der Waals surface area contributed by atoms with Crippen LogP contribution in [0, 0.1) is 15.9 Å². The number of nitrogens with zero attached hydrogens (tertiary/aromatic N) is 4. The minimum absolute atomic E-state index is 0.0177. The Hall–Kier alpha value is -2.36. The summed E-state index contributed by atoms with van der Waals surface area (Å²) in [5.74, 6) is -1.76. The summed E-state index contributed by atoms with van der Waals surface area (Å²) in [4.78, 5) is 25.3. The molecule has 0 atom stereocenters. The predicted octanol–water partition coefficient (Wildman–Crippen LogP) is 1.98. The molecule has 110 valence electrons. The van der Waals surface area contributed by atoms with Crippen molar-refractivity contribution in [3.05, 3.63) is 44.4 Å². The highest BCUT2D eigenvalue weighted by atomic mass is 79.9. The summed E-state index contributed by atoms with van der Waals surface area (Å²) in [7, 11) is 1.31. The highest BCUT2D eigenvalue weighted by Crippen LogP contribution is 2.19. The fourth-order valence-corrected chi connectivity index (χ4v) is 1.92. The molecule has 0 fully saturated rings. The van der Waals surface area contributed by atoms with Gasteiger partial charge in [-0.1, -0.05) is 0 Å². The van der Waals surface area contributed by atoms with E-state index in [1.807, 2.05) is 0 Å². The summed E-state index contributed by atoms with van der Waals surface area (Å²) in [5.41, 5.74) is 0.0957. The molecule has 0 bridgehead atoms. The standard InChI is InChI=1S/C11H8BrFN4O4/c1-21-9-3-2-6(4-7(9)13)8(18)5-16-10(12)14-11(15-16)17(19)20/h2-4H,5H2,1H3. The fourth-order valence-electron chi connectivity index (χ4n) is 1.56. The molecule has 0 saturated carbocycles. The first-order chi connectivity index (χ1) is 9.92. The Labute approximate surface area is 125 Å². The first-order valence-corrected chi connectivity index (χ1v) is 6.33. The number of rotatable bonds is 5. The summed E-state index contributed by atoms with van der Waals surface area (Å²) in [6.07, 6.45) is 0. The van der Waals surface area contributed by atoms with Gasteiger partial charge in [-0.25, -0.2) is 4.39 Å². The maximum Gasteiger partial charge on any atom is 0.492 e. The molecule has 0 unspecified atom stereocenters. The summed E-state index contributed by atoms with van der Waals surface area (Å²) >= 11 is 2.96. The van der Waals surface area contributed by atoms with Crippen LogP contribution < -0.4 is 4.74 Å². The average Bonchev–Trinajstić information content (AvgIpc) is 2.80. The Bertz CT molecular complexity index is 718. The fraction of sp³-hybridized carbons (Fsp3) is 0.182. The summed E-state index contributed by atoms with van der Waals surface area (Å²) in [6, 6.07) is 3.74. The van der Waals surface area contributed by atoms with Gasteiger partial charge in [-0.05, 0) is 28.1 Å². The Morgan fingerprint density at radius 3 is 2.81 bits per heavy atom. The molecular weight excluding hydrogens is 351 g/mol. The van der Waals surface area contributed by atoms with Gasteiger partial charge in [0.15, 0.2) is 17.3 Å². The average molecular weight is 359 g/mol. The second-order valence-corrected chi connectivity index (χ2v) is 4.58. The zero-order chi connectivity index (χ0) is 15.6. The molecule has 0 amide bonds. The monoisotopic (exact) mass is 358 g/mol. The summed E-state index contributed by atoms with van der Waals surface area (Å²) < 4.78 is 19.3. The van der Waals surface area contributed by atoms with Gasteiger partial charge in [0.2, 0.25) is 0 Å². The van der Waals surface area contributed by atoms with E-state index in [1.54, 1.807) is 0 Å². The topological polar surface area (TPSA) is 100 Å². The number of methoxy groups -OCH3 is 1. The largest absolute Gasteiger partial charge is 0.494 e. The van der Waals surface area contributed by atoms with Crippen LogP contribution in [-0.2, 0) is 6.54 Å². The number of aromatic nitrogens is 3. The Balaban J connectivity index is 2.22. The van der Waals surface area contributed by atoms with Crippen molar-refractivity contribution in [3.63, 3.8) is 0 Å². The van der Waals surface area contributed by atoms with Gasteiger partial charge in [-0.15, -0.1) is 0 Å². The third-order valence-electron chi connectivity index (χ3n) is 2.55. The molecule has 2 rings (SSSR count). The molecule has 1 heterocycles. The number of carbonyl (C=O) groups excluding carboxylic acids is 1. The molecule has 0 spiro atoms. The SMILES string of the molecule is COc1ccc(C(=O)Cn2nc([N+](=O)[O-])nc2Br)cc1F. The van der Waals surface area contributed by atoms with E-state index in [0.717, 1.165) is 10.7 Å². The molecule has 0 saturated heterocycles. The number of hydrogen-bond donors (Lipinski definition) is 0. The maximum atomic E-state index is 13.5. The van der Waals surface area contributed by atoms with Gasteiger partial charge in [0, 0.05) is 26.6 Å². The van der Waals surface area contributed by atoms with Crippen LogP contribution in [0.25, 0.3) is 0 Å². The quantitative estimate of drug-likeness (QED) is 0.460. The molecule has 0 aliphatic heterocycles. The third-order valence-corrected chi connectivity index (χ3v) is 3.13. The number of hydrogen-bond acceptors (Lipinski definition) is 6. The highest BCUT2D eigenvalue weighted by Gasteiger charge is 2.22. The lowest BCUT2D eigenvalue weighted by molar-refractivity contribution is -0.394. The number of ether oxygens (including phenoxy) is 1. The van der Waals surface area contributed by atoms with E-state index >= 15 is 0 Å². The zero-order valence-electron chi connectivity index (χ0n) is 10.6. The first kappa shape index (κ1) is 15.0. The number of benzene rings is 1. The van der Waals surface area contributed by atoms with Crippen LogP contribution in [0.5, 0.6) is 5.75 Å². The van der Waals surface area contributed by atoms with Gasteiger partial charge in [-0.3, -0.25) is 4.79 Å². The normalized spacial score (nSPS) is 10.4. The molecule has 8 nitrogen and oxygen atoms in total. The van der Waals surface area contributed by atoms with Crippen LogP contribution in [-0.4, -0.2) is 32.6 Å². The highest BCUT2D eigenvalue weighted by molar-refractivity contribution is 9.10. The molecule has 0 aliphatic rings.